The van der Waals surface area contributed by atoms with Crippen molar-refractivity contribution in [3.8, 4) is 5.69 Å². The molecule has 2 fully saturated rings. The average Bonchev–Trinajstić information content (AvgIpc) is 3.18. The van der Waals surface area contributed by atoms with Crippen molar-refractivity contribution in [2.24, 2.45) is 5.10 Å². The number of hydrogen-bond donors (Lipinski definition) is 1. The van der Waals surface area contributed by atoms with Gasteiger partial charge in [-0.25, -0.2) is 5.43 Å². The van der Waals surface area contributed by atoms with Gasteiger partial charge in [-0.15, -0.1) is 0 Å². The summed E-state index contributed by atoms with van der Waals surface area (Å²) in [5.74, 6) is 1.86. The van der Waals surface area contributed by atoms with Gasteiger partial charge in [0.25, 0.3) is 0 Å². The predicted octanol–water partition coefficient (Wildman–Crippen LogP) is 3.55. The molecule has 2 aliphatic heterocycles. The van der Waals surface area contributed by atoms with Crippen LogP contribution in [0.5, 0.6) is 0 Å². The molecule has 2 saturated heterocycles. The normalized spacial score (nSPS) is 16.9. The molecular weight excluding hydrogens is 428 g/mol. The molecule has 2 aromatic heterocycles. The number of ether oxygens (including phenoxy) is 1. The molecule has 0 radical (unpaired) electrons. The molecule has 0 spiro atoms. The van der Waals surface area contributed by atoms with Crippen molar-refractivity contribution in [3.05, 3.63) is 53.3 Å². The van der Waals surface area contributed by atoms with Gasteiger partial charge < -0.3 is 19.1 Å². The fourth-order valence-corrected chi connectivity index (χ4v) is 4.60. The lowest BCUT2D eigenvalue weighted by Gasteiger charge is -2.30. The molecular formula is C25H32N8O. The summed E-state index contributed by atoms with van der Waals surface area (Å²) in [7, 11) is 0. The minimum absolute atomic E-state index is 0.463. The van der Waals surface area contributed by atoms with Crippen LogP contribution in [-0.4, -0.2) is 65.1 Å². The minimum atomic E-state index is 0.463. The Morgan fingerprint density at radius 1 is 0.882 bits per heavy atom. The minimum Gasteiger partial charge on any atom is -0.378 e. The third-order valence-corrected chi connectivity index (χ3v) is 6.40. The average molecular weight is 461 g/mol. The molecule has 0 unspecified atom stereocenters. The summed E-state index contributed by atoms with van der Waals surface area (Å²) in [6.07, 6.45) is 5.42. The van der Waals surface area contributed by atoms with Crippen LogP contribution in [0.4, 0.5) is 17.8 Å². The molecule has 178 valence electrons. The van der Waals surface area contributed by atoms with Crippen LogP contribution in [0.2, 0.25) is 0 Å². The van der Waals surface area contributed by atoms with Crippen molar-refractivity contribution < 1.29 is 4.74 Å². The van der Waals surface area contributed by atoms with E-state index in [0.29, 0.717) is 25.1 Å². The largest absolute Gasteiger partial charge is 0.378 e. The molecule has 0 atom stereocenters. The molecule has 3 aromatic rings. The molecule has 0 bridgehead atoms. The fourth-order valence-electron chi connectivity index (χ4n) is 4.60. The van der Waals surface area contributed by atoms with E-state index < -0.39 is 0 Å². The highest BCUT2D eigenvalue weighted by molar-refractivity contribution is 5.82. The Morgan fingerprint density at radius 3 is 2.26 bits per heavy atom. The summed E-state index contributed by atoms with van der Waals surface area (Å²) in [4.78, 5) is 18.5. The van der Waals surface area contributed by atoms with Gasteiger partial charge >= 0.3 is 0 Å². The highest BCUT2D eigenvalue weighted by Gasteiger charge is 2.20. The topological polar surface area (TPSA) is 83.7 Å². The van der Waals surface area contributed by atoms with Crippen molar-refractivity contribution in [2.45, 2.75) is 33.1 Å². The maximum absolute atomic E-state index is 5.50. The fraction of sp³-hybridized carbons (Fsp3) is 0.440. The van der Waals surface area contributed by atoms with E-state index in [1.54, 1.807) is 0 Å². The first-order chi connectivity index (χ1) is 16.7. The highest BCUT2D eigenvalue weighted by atomic mass is 16.5. The molecule has 1 aromatic carbocycles. The van der Waals surface area contributed by atoms with Gasteiger partial charge in [0.1, 0.15) is 0 Å². The van der Waals surface area contributed by atoms with E-state index in [1.165, 1.54) is 6.42 Å². The second-order valence-electron chi connectivity index (χ2n) is 8.77. The van der Waals surface area contributed by atoms with Crippen molar-refractivity contribution in [1.29, 1.82) is 0 Å². The van der Waals surface area contributed by atoms with Gasteiger partial charge in [0.2, 0.25) is 17.8 Å². The number of piperidine rings is 1. The second-order valence-corrected chi connectivity index (χ2v) is 8.77. The zero-order valence-corrected chi connectivity index (χ0v) is 19.9. The molecule has 0 saturated carbocycles. The molecule has 1 N–H and O–H groups in total. The van der Waals surface area contributed by atoms with Crippen molar-refractivity contribution >= 4 is 24.1 Å². The van der Waals surface area contributed by atoms with Crippen LogP contribution in [0.1, 0.15) is 36.2 Å². The van der Waals surface area contributed by atoms with Crippen molar-refractivity contribution in [2.75, 3.05) is 54.6 Å². The van der Waals surface area contributed by atoms with Crippen LogP contribution in [0.3, 0.4) is 0 Å². The third kappa shape index (κ3) is 4.89. The number of anilines is 3. The number of aryl methyl sites for hydroxylation is 1. The van der Waals surface area contributed by atoms with Gasteiger partial charge in [-0.2, -0.15) is 20.1 Å². The molecule has 9 heteroatoms. The van der Waals surface area contributed by atoms with E-state index >= 15 is 0 Å². The standard InChI is InChI=1S/C25H32N8O/c1-19-17-21(20(2)33(19)22-9-5-3-6-10-22)18-26-30-23-27-24(31-11-7-4-8-12-31)29-25(28-23)32-13-15-34-16-14-32/h3,5-6,9-10,17-18H,4,7-8,11-16H2,1-2H3,(H,27,28,29,30)/b26-18-. The van der Waals surface area contributed by atoms with Gasteiger partial charge in [0.15, 0.2) is 0 Å². The third-order valence-electron chi connectivity index (χ3n) is 6.40. The maximum Gasteiger partial charge on any atom is 0.250 e. The van der Waals surface area contributed by atoms with E-state index in [0.717, 1.165) is 67.6 Å². The molecule has 9 nitrogen and oxygen atoms in total. The number of hydrogen-bond acceptors (Lipinski definition) is 8. The molecule has 34 heavy (non-hydrogen) atoms. The molecule has 2 aliphatic rings. The Morgan fingerprint density at radius 2 is 1.56 bits per heavy atom. The van der Waals surface area contributed by atoms with E-state index in [2.05, 4.69) is 74.1 Å². The van der Waals surface area contributed by atoms with Crippen LogP contribution in [0, 0.1) is 13.8 Å². The number of para-hydroxylation sites is 1. The Bertz CT molecular complexity index is 1100. The zero-order valence-electron chi connectivity index (χ0n) is 19.9. The number of rotatable bonds is 6. The van der Waals surface area contributed by atoms with Gasteiger partial charge in [0, 0.05) is 48.8 Å². The van der Waals surface area contributed by atoms with Crippen LogP contribution in [0.15, 0.2) is 41.5 Å². The van der Waals surface area contributed by atoms with Gasteiger partial charge in [-0.05, 0) is 51.3 Å². The quantitative estimate of drug-likeness (QED) is 0.445. The first kappa shape index (κ1) is 22.3. The van der Waals surface area contributed by atoms with Crippen LogP contribution in [-0.2, 0) is 4.74 Å². The van der Waals surface area contributed by atoms with Crippen LogP contribution in [0.25, 0.3) is 5.69 Å². The lowest BCUT2D eigenvalue weighted by Crippen LogP contribution is -2.38. The summed E-state index contributed by atoms with van der Waals surface area (Å²) >= 11 is 0. The SMILES string of the molecule is Cc1cc(/C=N\Nc2nc(N3CCCCC3)nc(N3CCOCC3)n2)c(C)n1-c1ccccc1. The van der Waals surface area contributed by atoms with Crippen molar-refractivity contribution in [3.63, 3.8) is 0 Å². The van der Waals surface area contributed by atoms with E-state index in [9.17, 15) is 0 Å². The Balaban J connectivity index is 1.38. The van der Waals surface area contributed by atoms with Crippen LogP contribution < -0.4 is 15.2 Å². The molecule has 5 rings (SSSR count). The molecule has 0 amide bonds. The number of nitrogens with zero attached hydrogens (tertiary/aromatic N) is 7. The first-order valence-corrected chi connectivity index (χ1v) is 12.1. The highest BCUT2D eigenvalue weighted by Crippen LogP contribution is 2.22. The number of nitrogens with one attached hydrogen (secondary N) is 1. The summed E-state index contributed by atoms with van der Waals surface area (Å²) in [5.41, 5.74) is 7.54. The number of benzene rings is 1. The monoisotopic (exact) mass is 460 g/mol. The Labute approximate surface area is 200 Å². The summed E-state index contributed by atoms with van der Waals surface area (Å²) in [5, 5.41) is 4.49. The Kier molecular flexibility index (Phi) is 6.71. The lowest BCUT2D eigenvalue weighted by molar-refractivity contribution is 0.122. The number of aromatic nitrogens is 4. The number of hydrazone groups is 1. The van der Waals surface area contributed by atoms with Gasteiger partial charge in [0.05, 0.1) is 19.4 Å². The van der Waals surface area contributed by atoms with E-state index in [4.69, 9.17) is 14.7 Å². The summed E-state index contributed by atoms with van der Waals surface area (Å²) < 4.78 is 7.73. The van der Waals surface area contributed by atoms with Crippen LogP contribution >= 0.6 is 0 Å². The first-order valence-electron chi connectivity index (χ1n) is 12.1. The summed E-state index contributed by atoms with van der Waals surface area (Å²) in [6, 6.07) is 12.5. The predicted molar refractivity (Wildman–Crippen MR) is 135 cm³/mol. The van der Waals surface area contributed by atoms with Crippen molar-refractivity contribution in [1.82, 2.24) is 19.5 Å². The van der Waals surface area contributed by atoms with Gasteiger partial charge in [-0.3, -0.25) is 0 Å². The Hall–Kier alpha value is -3.46. The number of morpholine rings is 1. The second kappa shape index (κ2) is 10.2. The van der Waals surface area contributed by atoms with E-state index in [1.807, 2.05) is 12.3 Å². The smallest absolute Gasteiger partial charge is 0.250 e. The van der Waals surface area contributed by atoms with Gasteiger partial charge in [-0.1, -0.05) is 18.2 Å². The lowest BCUT2D eigenvalue weighted by atomic mass is 10.1. The molecule has 4 heterocycles. The molecule has 0 aliphatic carbocycles. The zero-order chi connectivity index (χ0) is 23.3. The summed E-state index contributed by atoms with van der Waals surface area (Å²) in [6.45, 7) is 9.08. The maximum atomic E-state index is 5.50. The van der Waals surface area contributed by atoms with E-state index in [-0.39, 0.29) is 0 Å².